The van der Waals surface area contributed by atoms with Gasteiger partial charge in [-0.15, -0.1) is 0 Å². The van der Waals surface area contributed by atoms with Crippen LogP contribution in [0.1, 0.15) is 23.8 Å². The number of rotatable bonds is 5. The molecule has 0 saturated carbocycles. The maximum Gasteiger partial charge on any atom is 0.452 e. The zero-order valence-electron chi connectivity index (χ0n) is 15.0. The number of aryl methyl sites for hydroxylation is 1. The molecule has 3 rings (SSSR count). The summed E-state index contributed by atoms with van der Waals surface area (Å²) in [5, 5.41) is 12.4. The Labute approximate surface area is 164 Å². The van der Waals surface area contributed by atoms with Crippen molar-refractivity contribution in [3.05, 3.63) is 65.4 Å². The number of aromatic nitrogens is 1. The lowest BCUT2D eigenvalue weighted by molar-refractivity contribution is -0.155. The fourth-order valence-electron chi connectivity index (χ4n) is 2.66. The Kier molecular flexibility index (Phi) is 5.35. The molecule has 0 amide bonds. The molecule has 0 unspecified atom stereocenters. The fourth-order valence-corrected chi connectivity index (χ4v) is 4.05. The molecule has 0 bridgehead atoms. The van der Waals surface area contributed by atoms with Gasteiger partial charge in [0.1, 0.15) is 5.69 Å². The molecular formula is C19H14F3N3O3S. The molecule has 6 nitrogen and oxygen atoms in total. The third-order valence-electron chi connectivity index (χ3n) is 4.07. The van der Waals surface area contributed by atoms with Crippen LogP contribution in [0.2, 0.25) is 0 Å². The van der Waals surface area contributed by atoms with Crippen LogP contribution in [0.5, 0.6) is 0 Å². The molecule has 0 spiro atoms. The van der Waals surface area contributed by atoms with Crippen molar-refractivity contribution in [3.63, 3.8) is 0 Å². The first-order valence-electron chi connectivity index (χ1n) is 8.34. The number of hydrogen-bond donors (Lipinski definition) is 1. The third kappa shape index (κ3) is 4.41. The summed E-state index contributed by atoms with van der Waals surface area (Å²) in [6.07, 6.45) is -4.32. The molecule has 0 aliphatic carbocycles. The molecule has 1 N–H and O–H groups in total. The molecule has 0 saturated heterocycles. The molecule has 1 aromatic heterocycles. The summed E-state index contributed by atoms with van der Waals surface area (Å²) in [5.74, 6) is -1.28. The van der Waals surface area contributed by atoms with Crippen LogP contribution in [-0.2, 0) is 22.6 Å². The van der Waals surface area contributed by atoms with Gasteiger partial charge >= 0.3 is 6.18 Å². The zero-order chi connectivity index (χ0) is 21.2. The van der Waals surface area contributed by atoms with Gasteiger partial charge < -0.3 is 4.52 Å². The van der Waals surface area contributed by atoms with E-state index in [2.05, 4.69) is 14.4 Å². The van der Waals surface area contributed by atoms with Crippen LogP contribution in [0.4, 0.5) is 18.9 Å². The van der Waals surface area contributed by atoms with E-state index in [4.69, 9.17) is 5.26 Å². The lowest BCUT2D eigenvalue weighted by atomic mass is 10.1. The van der Waals surface area contributed by atoms with Crippen LogP contribution in [0.25, 0.3) is 11.3 Å². The van der Waals surface area contributed by atoms with Crippen molar-refractivity contribution in [3.8, 4) is 17.3 Å². The van der Waals surface area contributed by atoms with Crippen molar-refractivity contribution >= 4 is 15.7 Å². The molecule has 150 valence electrons. The number of benzene rings is 2. The van der Waals surface area contributed by atoms with Gasteiger partial charge in [-0.3, -0.25) is 4.72 Å². The number of nitrogens with one attached hydrogen (secondary N) is 1. The highest BCUT2D eigenvalue weighted by Gasteiger charge is 2.36. The summed E-state index contributed by atoms with van der Waals surface area (Å²) in [7, 11) is -4.07. The molecule has 0 aliphatic heterocycles. The summed E-state index contributed by atoms with van der Waals surface area (Å²) in [6, 6.07) is 12.8. The van der Waals surface area contributed by atoms with Crippen LogP contribution in [0.15, 0.2) is 57.9 Å². The molecule has 0 radical (unpaired) electrons. The Morgan fingerprint density at radius 3 is 2.55 bits per heavy atom. The molecule has 10 heteroatoms. The first-order valence-corrected chi connectivity index (χ1v) is 9.82. The summed E-state index contributed by atoms with van der Waals surface area (Å²) < 4.78 is 70.8. The van der Waals surface area contributed by atoms with Crippen molar-refractivity contribution in [1.29, 1.82) is 5.26 Å². The van der Waals surface area contributed by atoms with E-state index in [9.17, 15) is 21.6 Å². The second-order valence-corrected chi connectivity index (χ2v) is 7.70. The minimum atomic E-state index is -4.70. The van der Waals surface area contributed by atoms with Gasteiger partial charge in [0.05, 0.1) is 22.2 Å². The summed E-state index contributed by atoms with van der Waals surface area (Å²) >= 11 is 0. The maximum absolute atomic E-state index is 12.9. The number of sulfonamides is 1. The predicted octanol–water partition coefficient (Wildman–Crippen LogP) is 4.60. The van der Waals surface area contributed by atoms with Gasteiger partial charge in [-0.05, 0) is 36.2 Å². The van der Waals surface area contributed by atoms with Crippen LogP contribution in [0.3, 0.4) is 0 Å². The van der Waals surface area contributed by atoms with Gasteiger partial charge in [0.15, 0.2) is 0 Å². The lowest BCUT2D eigenvalue weighted by Gasteiger charge is -2.13. The zero-order valence-corrected chi connectivity index (χ0v) is 15.8. The van der Waals surface area contributed by atoms with Crippen molar-refractivity contribution in [1.82, 2.24) is 5.16 Å². The summed E-state index contributed by atoms with van der Waals surface area (Å²) in [5.41, 5.74) is 0.960. The summed E-state index contributed by atoms with van der Waals surface area (Å²) in [6.45, 7) is 1.75. The van der Waals surface area contributed by atoms with Crippen LogP contribution >= 0.6 is 0 Å². The van der Waals surface area contributed by atoms with E-state index in [0.717, 1.165) is 0 Å². The Morgan fingerprint density at radius 2 is 1.93 bits per heavy atom. The number of alkyl halides is 3. The van der Waals surface area contributed by atoms with Crippen molar-refractivity contribution in [2.45, 2.75) is 24.4 Å². The molecule has 0 atom stereocenters. The first-order chi connectivity index (χ1) is 13.6. The normalized spacial score (nSPS) is 11.8. The average molecular weight is 421 g/mol. The van der Waals surface area contributed by atoms with E-state index in [-0.39, 0.29) is 27.4 Å². The number of hydrogen-bond acceptors (Lipinski definition) is 5. The van der Waals surface area contributed by atoms with Gasteiger partial charge in [0.25, 0.3) is 10.0 Å². The van der Waals surface area contributed by atoms with E-state index >= 15 is 0 Å². The number of halogens is 3. The van der Waals surface area contributed by atoms with E-state index in [1.54, 1.807) is 6.92 Å². The second-order valence-electron chi connectivity index (χ2n) is 6.05. The quantitative estimate of drug-likeness (QED) is 0.650. The molecular weight excluding hydrogens is 407 g/mol. The standard InChI is InChI=1S/C19H14F3N3O3S/c1-2-13-6-7-14(16-10-18(28-24-16)19(20,21)22)9-17(13)29(26,27)25-15-5-3-4-12(8-15)11-23/h3-10,25H,2H2,1H3. The summed E-state index contributed by atoms with van der Waals surface area (Å²) in [4.78, 5) is -0.101. The highest BCUT2D eigenvalue weighted by atomic mass is 32.2. The Bertz CT molecular complexity index is 1200. The molecule has 0 aliphatic rings. The Morgan fingerprint density at radius 1 is 1.17 bits per heavy atom. The van der Waals surface area contributed by atoms with Crippen LogP contribution in [-0.4, -0.2) is 13.6 Å². The highest BCUT2D eigenvalue weighted by molar-refractivity contribution is 7.92. The topological polar surface area (TPSA) is 96.0 Å². The minimum absolute atomic E-state index is 0.101. The fraction of sp³-hybridized carbons (Fsp3) is 0.158. The van der Waals surface area contributed by atoms with Crippen LogP contribution < -0.4 is 4.72 Å². The van der Waals surface area contributed by atoms with E-state index < -0.39 is 22.0 Å². The Balaban J connectivity index is 2.02. The van der Waals surface area contributed by atoms with E-state index in [0.29, 0.717) is 18.1 Å². The Hall–Kier alpha value is -3.32. The van der Waals surface area contributed by atoms with Crippen LogP contribution in [0, 0.1) is 11.3 Å². The maximum atomic E-state index is 12.9. The molecule has 0 fully saturated rings. The van der Waals surface area contributed by atoms with Crippen molar-refractivity contribution in [2.24, 2.45) is 0 Å². The molecule has 1 heterocycles. The van der Waals surface area contributed by atoms with Crippen molar-refractivity contribution < 1.29 is 26.1 Å². The van der Waals surface area contributed by atoms with Gasteiger partial charge in [-0.25, -0.2) is 8.42 Å². The van der Waals surface area contributed by atoms with Gasteiger partial charge in [-0.1, -0.05) is 30.3 Å². The second kappa shape index (κ2) is 7.60. The SMILES string of the molecule is CCc1ccc(-c2cc(C(F)(F)F)on2)cc1S(=O)(=O)Nc1cccc(C#N)c1. The van der Waals surface area contributed by atoms with Gasteiger partial charge in [0.2, 0.25) is 5.76 Å². The highest BCUT2D eigenvalue weighted by Crippen LogP contribution is 2.33. The van der Waals surface area contributed by atoms with Crippen molar-refractivity contribution in [2.75, 3.05) is 4.72 Å². The van der Waals surface area contributed by atoms with Gasteiger partial charge in [-0.2, -0.15) is 18.4 Å². The molecule has 29 heavy (non-hydrogen) atoms. The van der Waals surface area contributed by atoms with E-state index in [1.807, 2.05) is 6.07 Å². The van der Waals surface area contributed by atoms with Gasteiger partial charge in [0, 0.05) is 11.6 Å². The monoisotopic (exact) mass is 421 g/mol. The largest absolute Gasteiger partial charge is 0.452 e. The minimum Gasteiger partial charge on any atom is -0.351 e. The third-order valence-corrected chi connectivity index (χ3v) is 5.53. The molecule has 3 aromatic rings. The predicted molar refractivity (Wildman–Crippen MR) is 98.3 cm³/mol. The molecule has 2 aromatic carbocycles. The number of anilines is 1. The smallest absolute Gasteiger partial charge is 0.351 e. The number of nitriles is 1. The van der Waals surface area contributed by atoms with E-state index in [1.165, 1.54) is 42.5 Å². The first kappa shape index (κ1) is 20.4. The number of nitrogens with zero attached hydrogens (tertiary/aromatic N) is 2. The average Bonchev–Trinajstić information content (AvgIpc) is 3.18. The lowest BCUT2D eigenvalue weighted by Crippen LogP contribution is -2.15.